The zero-order chi connectivity index (χ0) is 15.1. The van der Waals surface area contributed by atoms with Crippen LogP contribution in [-0.2, 0) is 4.74 Å². The Bertz CT molecular complexity index is 636. The molecule has 4 heteroatoms. The molecule has 0 aliphatic carbocycles. The summed E-state index contributed by atoms with van der Waals surface area (Å²) in [5, 5.41) is 3.20. The van der Waals surface area contributed by atoms with E-state index in [1.54, 1.807) is 20.0 Å². The maximum Gasteiger partial charge on any atom is 0.340 e. The molecule has 0 aliphatic rings. The fraction of sp³-hybridized carbons (Fsp3) is 0.176. The van der Waals surface area contributed by atoms with Gasteiger partial charge in [-0.1, -0.05) is 42.5 Å². The SMILES string of the molecule is CCOC(=O)c1ccccc1NC(=NC)c1ccccc1. The number of hydrogen-bond acceptors (Lipinski definition) is 3. The second kappa shape index (κ2) is 7.24. The number of anilines is 1. The van der Waals surface area contributed by atoms with Gasteiger partial charge in [-0.05, 0) is 19.1 Å². The summed E-state index contributed by atoms with van der Waals surface area (Å²) in [6, 6.07) is 17.0. The molecule has 0 amide bonds. The summed E-state index contributed by atoms with van der Waals surface area (Å²) < 4.78 is 5.07. The molecule has 0 aromatic heterocycles. The van der Waals surface area contributed by atoms with E-state index >= 15 is 0 Å². The van der Waals surface area contributed by atoms with E-state index < -0.39 is 0 Å². The van der Waals surface area contributed by atoms with Crippen LogP contribution in [0.5, 0.6) is 0 Å². The molecule has 0 saturated carbocycles. The molecule has 108 valence electrons. The van der Waals surface area contributed by atoms with Crippen molar-refractivity contribution in [2.24, 2.45) is 4.99 Å². The van der Waals surface area contributed by atoms with Gasteiger partial charge in [0.15, 0.2) is 0 Å². The van der Waals surface area contributed by atoms with Gasteiger partial charge in [-0.15, -0.1) is 0 Å². The van der Waals surface area contributed by atoms with E-state index in [1.165, 1.54) is 0 Å². The molecule has 0 heterocycles. The van der Waals surface area contributed by atoms with E-state index in [1.807, 2.05) is 48.5 Å². The molecule has 0 atom stereocenters. The van der Waals surface area contributed by atoms with Crippen LogP contribution in [0.1, 0.15) is 22.8 Å². The molecule has 0 spiro atoms. The first-order chi connectivity index (χ1) is 10.3. The Labute approximate surface area is 124 Å². The zero-order valence-corrected chi connectivity index (χ0v) is 12.2. The van der Waals surface area contributed by atoms with Crippen LogP contribution in [0.2, 0.25) is 0 Å². The smallest absolute Gasteiger partial charge is 0.340 e. The van der Waals surface area contributed by atoms with Gasteiger partial charge in [-0.25, -0.2) is 4.79 Å². The Morgan fingerprint density at radius 1 is 1.10 bits per heavy atom. The van der Waals surface area contributed by atoms with Crippen molar-refractivity contribution in [1.29, 1.82) is 0 Å². The fourth-order valence-electron chi connectivity index (χ4n) is 1.96. The number of nitrogens with zero attached hydrogens (tertiary/aromatic N) is 1. The predicted molar refractivity (Wildman–Crippen MR) is 84.9 cm³/mol. The highest BCUT2D eigenvalue weighted by Gasteiger charge is 2.13. The lowest BCUT2D eigenvalue weighted by Gasteiger charge is -2.13. The molecular formula is C17H18N2O2. The molecule has 0 unspecified atom stereocenters. The van der Waals surface area contributed by atoms with Crippen molar-refractivity contribution in [3.8, 4) is 0 Å². The molecule has 2 rings (SSSR count). The Morgan fingerprint density at radius 3 is 2.43 bits per heavy atom. The van der Waals surface area contributed by atoms with Gasteiger partial charge in [-0.2, -0.15) is 0 Å². The summed E-state index contributed by atoms with van der Waals surface area (Å²) in [7, 11) is 1.71. The van der Waals surface area contributed by atoms with Crippen LogP contribution in [0.4, 0.5) is 5.69 Å². The minimum atomic E-state index is -0.343. The summed E-state index contributed by atoms with van der Waals surface area (Å²) >= 11 is 0. The van der Waals surface area contributed by atoms with Gasteiger partial charge < -0.3 is 10.1 Å². The van der Waals surface area contributed by atoms with Gasteiger partial charge in [0.25, 0.3) is 0 Å². The van der Waals surface area contributed by atoms with E-state index in [-0.39, 0.29) is 5.97 Å². The number of aliphatic imine (C=N–C) groups is 1. The van der Waals surface area contributed by atoms with E-state index in [0.717, 1.165) is 5.56 Å². The molecule has 0 aliphatic heterocycles. The summed E-state index contributed by atoms with van der Waals surface area (Å²) in [5.74, 6) is 0.358. The van der Waals surface area contributed by atoms with E-state index in [2.05, 4.69) is 10.3 Å². The highest BCUT2D eigenvalue weighted by molar-refractivity contribution is 6.10. The minimum absolute atomic E-state index is 0.343. The third-order valence-electron chi connectivity index (χ3n) is 2.95. The molecule has 0 fully saturated rings. The van der Waals surface area contributed by atoms with Crippen molar-refractivity contribution in [2.75, 3.05) is 19.0 Å². The highest BCUT2D eigenvalue weighted by atomic mass is 16.5. The molecule has 4 nitrogen and oxygen atoms in total. The maximum atomic E-state index is 12.0. The van der Waals surface area contributed by atoms with Crippen molar-refractivity contribution in [2.45, 2.75) is 6.92 Å². The quantitative estimate of drug-likeness (QED) is 0.531. The second-order valence-corrected chi connectivity index (χ2v) is 4.33. The van der Waals surface area contributed by atoms with Crippen molar-refractivity contribution in [3.63, 3.8) is 0 Å². The second-order valence-electron chi connectivity index (χ2n) is 4.33. The number of esters is 1. The third-order valence-corrected chi connectivity index (χ3v) is 2.95. The largest absolute Gasteiger partial charge is 0.462 e. The molecule has 0 bridgehead atoms. The number of carbonyl (C=O) groups is 1. The lowest BCUT2D eigenvalue weighted by atomic mass is 10.1. The average Bonchev–Trinajstić information content (AvgIpc) is 2.54. The Hall–Kier alpha value is -2.62. The van der Waals surface area contributed by atoms with Crippen molar-refractivity contribution >= 4 is 17.5 Å². The summed E-state index contributed by atoms with van der Waals surface area (Å²) in [5.41, 5.74) is 2.13. The molecule has 21 heavy (non-hydrogen) atoms. The average molecular weight is 282 g/mol. The molecule has 0 radical (unpaired) electrons. The number of carbonyl (C=O) groups excluding carboxylic acids is 1. The van der Waals surface area contributed by atoms with Crippen molar-refractivity contribution in [1.82, 2.24) is 0 Å². The summed E-state index contributed by atoms with van der Waals surface area (Å²) in [4.78, 5) is 16.2. The Balaban J connectivity index is 2.29. The van der Waals surface area contributed by atoms with Crippen LogP contribution >= 0.6 is 0 Å². The van der Waals surface area contributed by atoms with E-state index in [9.17, 15) is 4.79 Å². The first-order valence-electron chi connectivity index (χ1n) is 6.81. The lowest BCUT2D eigenvalue weighted by Crippen LogP contribution is -2.16. The standard InChI is InChI=1S/C17H18N2O2/c1-3-21-17(20)14-11-7-8-12-15(14)19-16(18-2)13-9-5-4-6-10-13/h4-12H,3H2,1-2H3,(H,18,19). The normalized spacial score (nSPS) is 11.0. The van der Waals surface area contributed by atoms with Crippen LogP contribution < -0.4 is 5.32 Å². The van der Waals surface area contributed by atoms with Crippen LogP contribution in [-0.4, -0.2) is 25.5 Å². The Kier molecular flexibility index (Phi) is 5.10. The summed E-state index contributed by atoms with van der Waals surface area (Å²) in [6.07, 6.45) is 0. The van der Waals surface area contributed by atoms with Crippen LogP contribution in [0.15, 0.2) is 59.6 Å². The highest BCUT2D eigenvalue weighted by Crippen LogP contribution is 2.17. The lowest BCUT2D eigenvalue weighted by molar-refractivity contribution is 0.0527. The van der Waals surface area contributed by atoms with Gasteiger partial charge >= 0.3 is 5.97 Å². The Morgan fingerprint density at radius 2 is 1.76 bits per heavy atom. The number of para-hydroxylation sites is 1. The van der Waals surface area contributed by atoms with Gasteiger partial charge in [-0.3, -0.25) is 4.99 Å². The van der Waals surface area contributed by atoms with Crippen LogP contribution in [0.25, 0.3) is 0 Å². The number of hydrogen-bond donors (Lipinski definition) is 1. The topological polar surface area (TPSA) is 50.7 Å². The molecule has 2 aromatic rings. The molecule has 1 N–H and O–H groups in total. The van der Waals surface area contributed by atoms with Crippen LogP contribution in [0.3, 0.4) is 0 Å². The minimum Gasteiger partial charge on any atom is -0.462 e. The molecule has 2 aromatic carbocycles. The number of amidine groups is 1. The first kappa shape index (κ1) is 14.8. The third kappa shape index (κ3) is 3.69. The van der Waals surface area contributed by atoms with Crippen molar-refractivity contribution < 1.29 is 9.53 Å². The van der Waals surface area contributed by atoms with Gasteiger partial charge in [0, 0.05) is 12.6 Å². The number of rotatable bonds is 4. The number of benzene rings is 2. The first-order valence-corrected chi connectivity index (χ1v) is 6.81. The predicted octanol–water partition coefficient (Wildman–Crippen LogP) is 3.35. The van der Waals surface area contributed by atoms with Crippen LogP contribution in [0, 0.1) is 0 Å². The zero-order valence-electron chi connectivity index (χ0n) is 12.2. The monoisotopic (exact) mass is 282 g/mol. The molecule has 0 saturated heterocycles. The van der Waals surface area contributed by atoms with E-state index in [0.29, 0.717) is 23.7 Å². The molecular weight excluding hydrogens is 264 g/mol. The number of nitrogens with one attached hydrogen (secondary N) is 1. The van der Waals surface area contributed by atoms with E-state index in [4.69, 9.17) is 4.74 Å². The van der Waals surface area contributed by atoms with Gasteiger partial charge in [0.1, 0.15) is 5.84 Å². The van der Waals surface area contributed by atoms with Gasteiger partial charge in [0.05, 0.1) is 17.9 Å². The van der Waals surface area contributed by atoms with Gasteiger partial charge in [0.2, 0.25) is 0 Å². The fourth-order valence-corrected chi connectivity index (χ4v) is 1.96. The number of ether oxygens (including phenoxy) is 1. The van der Waals surface area contributed by atoms with Crippen molar-refractivity contribution in [3.05, 3.63) is 65.7 Å². The maximum absolute atomic E-state index is 12.0. The summed E-state index contributed by atoms with van der Waals surface area (Å²) in [6.45, 7) is 2.14.